The molecule has 0 radical (unpaired) electrons. The van der Waals surface area contributed by atoms with Crippen molar-refractivity contribution in [3.8, 4) is 22.1 Å². The zero-order chi connectivity index (χ0) is 20.9. The number of nitrogens with zero attached hydrogens (tertiary/aromatic N) is 3. The molecule has 0 unspecified atom stereocenters. The molecule has 154 valence electrons. The van der Waals surface area contributed by atoms with E-state index in [1.165, 1.54) is 5.56 Å². The van der Waals surface area contributed by atoms with Crippen LogP contribution in [0.4, 0.5) is 5.13 Å². The maximum Gasteiger partial charge on any atom is 0.183 e. The Bertz CT molecular complexity index is 1100. The summed E-state index contributed by atoms with van der Waals surface area (Å²) >= 11 is 1.61. The van der Waals surface area contributed by atoms with Crippen LogP contribution in [0.15, 0.2) is 60.8 Å². The zero-order valence-corrected chi connectivity index (χ0v) is 18.1. The van der Waals surface area contributed by atoms with Crippen LogP contribution < -0.4 is 14.8 Å². The summed E-state index contributed by atoms with van der Waals surface area (Å²) in [5.41, 5.74) is 4.20. The van der Waals surface area contributed by atoms with Gasteiger partial charge in [-0.25, -0.2) is 4.98 Å². The Hall–Kier alpha value is -3.32. The lowest BCUT2D eigenvalue weighted by atomic mass is 10.2. The molecule has 4 rings (SSSR count). The summed E-state index contributed by atoms with van der Waals surface area (Å²) in [6, 6.07) is 18.2. The number of anilines is 1. The van der Waals surface area contributed by atoms with Gasteiger partial charge in [-0.1, -0.05) is 41.7 Å². The minimum Gasteiger partial charge on any atom is -0.497 e. The number of ether oxygens (including phenoxy) is 2. The van der Waals surface area contributed by atoms with Crippen LogP contribution in [0.3, 0.4) is 0 Å². The van der Waals surface area contributed by atoms with Gasteiger partial charge in [0.05, 0.1) is 31.3 Å². The van der Waals surface area contributed by atoms with E-state index in [1.807, 2.05) is 60.3 Å². The average molecular weight is 421 g/mol. The van der Waals surface area contributed by atoms with E-state index in [0.29, 0.717) is 6.54 Å². The maximum atomic E-state index is 5.34. The lowest BCUT2D eigenvalue weighted by Gasteiger charge is -2.08. The Morgan fingerprint density at radius 3 is 2.40 bits per heavy atom. The molecule has 0 aliphatic carbocycles. The number of aryl methyl sites for hydroxylation is 1. The number of methoxy groups -OCH3 is 2. The van der Waals surface area contributed by atoms with Crippen LogP contribution in [0, 0.1) is 6.92 Å². The topological polar surface area (TPSA) is 61.2 Å². The highest BCUT2D eigenvalue weighted by atomic mass is 32.1. The number of rotatable bonds is 8. The van der Waals surface area contributed by atoms with Crippen LogP contribution in [0.1, 0.15) is 16.8 Å². The smallest absolute Gasteiger partial charge is 0.183 e. The quantitative estimate of drug-likeness (QED) is 0.435. The number of aromatic nitrogens is 3. The minimum atomic E-state index is 0.627. The van der Waals surface area contributed by atoms with Gasteiger partial charge in [0, 0.05) is 18.8 Å². The molecule has 0 saturated carbocycles. The number of nitrogens with one attached hydrogen (secondary N) is 1. The summed E-state index contributed by atoms with van der Waals surface area (Å²) in [5.74, 6) is 1.54. The third-order valence-corrected chi connectivity index (χ3v) is 5.85. The predicted molar refractivity (Wildman–Crippen MR) is 120 cm³/mol. The highest BCUT2D eigenvalue weighted by Crippen LogP contribution is 2.32. The van der Waals surface area contributed by atoms with Crippen molar-refractivity contribution in [1.29, 1.82) is 0 Å². The highest BCUT2D eigenvalue weighted by molar-refractivity contribution is 7.19. The van der Waals surface area contributed by atoms with Gasteiger partial charge in [0.1, 0.15) is 17.2 Å². The average Bonchev–Trinajstić information content (AvgIpc) is 3.38. The van der Waals surface area contributed by atoms with Crippen molar-refractivity contribution >= 4 is 16.5 Å². The van der Waals surface area contributed by atoms with Gasteiger partial charge in [0.25, 0.3) is 0 Å². The van der Waals surface area contributed by atoms with Gasteiger partial charge in [-0.2, -0.15) is 5.10 Å². The van der Waals surface area contributed by atoms with E-state index in [1.54, 1.807) is 25.6 Å². The second kappa shape index (κ2) is 9.00. The number of hydrogen-bond donors (Lipinski definition) is 1. The summed E-state index contributed by atoms with van der Waals surface area (Å²) in [5, 5.41) is 9.01. The Balaban J connectivity index is 1.46. The van der Waals surface area contributed by atoms with Crippen LogP contribution in [0.25, 0.3) is 10.6 Å². The monoisotopic (exact) mass is 420 g/mol. The van der Waals surface area contributed by atoms with Gasteiger partial charge in [-0.15, -0.1) is 0 Å². The maximum absolute atomic E-state index is 5.34. The Morgan fingerprint density at radius 1 is 0.967 bits per heavy atom. The molecule has 6 nitrogen and oxygen atoms in total. The molecule has 7 heteroatoms. The second-order valence-electron chi connectivity index (χ2n) is 6.89. The molecular weight excluding hydrogens is 396 g/mol. The fourth-order valence-corrected chi connectivity index (χ4v) is 4.12. The van der Waals surface area contributed by atoms with Gasteiger partial charge >= 0.3 is 0 Å². The molecule has 0 bridgehead atoms. The van der Waals surface area contributed by atoms with Gasteiger partial charge in [-0.05, 0) is 36.2 Å². The standard InChI is InChI=1S/C23H24N4O2S/c1-16-22(21-9-10-27(26-21)15-17-7-5-4-6-8-17)30-23(25-16)24-14-18-11-19(28-2)13-20(12-18)29-3/h4-13H,14-15H2,1-3H3,(H,24,25). The summed E-state index contributed by atoms with van der Waals surface area (Å²) < 4.78 is 12.6. The van der Waals surface area contributed by atoms with Gasteiger partial charge in [-0.3, -0.25) is 4.68 Å². The van der Waals surface area contributed by atoms with Crippen molar-refractivity contribution in [3.05, 3.63) is 77.6 Å². The molecule has 1 N–H and O–H groups in total. The third-order valence-electron chi connectivity index (χ3n) is 4.71. The molecule has 2 heterocycles. The highest BCUT2D eigenvalue weighted by Gasteiger charge is 2.13. The molecule has 30 heavy (non-hydrogen) atoms. The summed E-state index contributed by atoms with van der Waals surface area (Å²) in [4.78, 5) is 5.75. The molecule has 0 saturated heterocycles. The van der Waals surface area contributed by atoms with E-state index in [0.717, 1.165) is 45.0 Å². The molecule has 0 aliphatic heterocycles. The van der Waals surface area contributed by atoms with Crippen molar-refractivity contribution < 1.29 is 9.47 Å². The lowest BCUT2D eigenvalue weighted by molar-refractivity contribution is 0.393. The first-order valence-electron chi connectivity index (χ1n) is 9.65. The van der Waals surface area contributed by atoms with Crippen molar-refractivity contribution in [2.45, 2.75) is 20.0 Å². The van der Waals surface area contributed by atoms with Crippen LogP contribution in [-0.4, -0.2) is 29.0 Å². The Kier molecular flexibility index (Phi) is 5.99. The molecule has 0 spiro atoms. The van der Waals surface area contributed by atoms with Crippen molar-refractivity contribution in [1.82, 2.24) is 14.8 Å². The molecule has 0 amide bonds. The van der Waals surface area contributed by atoms with Crippen LogP contribution >= 0.6 is 11.3 Å². The zero-order valence-electron chi connectivity index (χ0n) is 17.3. The molecule has 4 aromatic rings. The van der Waals surface area contributed by atoms with Gasteiger partial charge in [0.2, 0.25) is 0 Å². The summed E-state index contributed by atoms with van der Waals surface area (Å²) in [6.45, 7) is 3.39. The van der Waals surface area contributed by atoms with Gasteiger partial charge in [0.15, 0.2) is 5.13 Å². The first-order chi connectivity index (χ1) is 14.6. The number of thiazole rings is 1. The van der Waals surface area contributed by atoms with Gasteiger partial charge < -0.3 is 14.8 Å². The summed E-state index contributed by atoms with van der Waals surface area (Å²) in [6.07, 6.45) is 2.01. The van der Waals surface area contributed by atoms with E-state index >= 15 is 0 Å². The molecule has 2 aromatic heterocycles. The fraction of sp³-hybridized carbons (Fsp3) is 0.217. The minimum absolute atomic E-state index is 0.627. The van der Waals surface area contributed by atoms with E-state index in [-0.39, 0.29) is 0 Å². The fourth-order valence-electron chi connectivity index (χ4n) is 3.20. The SMILES string of the molecule is COc1cc(CNc2nc(C)c(-c3ccn(Cc4ccccc4)n3)s2)cc(OC)c1. The van der Waals surface area contributed by atoms with E-state index in [4.69, 9.17) is 14.6 Å². The van der Waals surface area contributed by atoms with Crippen molar-refractivity contribution in [3.63, 3.8) is 0 Å². The molecule has 0 aliphatic rings. The number of hydrogen-bond acceptors (Lipinski definition) is 6. The largest absolute Gasteiger partial charge is 0.497 e. The molecule has 0 atom stereocenters. The third kappa shape index (κ3) is 4.63. The Labute approximate surface area is 180 Å². The first kappa shape index (κ1) is 20.0. The van der Waals surface area contributed by atoms with Crippen LogP contribution in [0.2, 0.25) is 0 Å². The van der Waals surface area contributed by atoms with Crippen molar-refractivity contribution in [2.75, 3.05) is 19.5 Å². The second-order valence-corrected chi connectivity index (χ2v) is 7.89. The van der Waals surface area contributed by atoms with E-state index in [2.05, 4.69) is 22.4 Å². The van der Waals surface area contributed by atoms with E-state index < -0.39 is 0 Å². The van der Waals surface area contributed by atoms with E-state index in [9.17, 15) is 0 Å². The molecule has 2 aromatic carbocycles. The molecule has 0 fully saturated rings. The van der Waals surface area contributed by atoms with Crippen LogP contribution in [-0.2, 0) is 13.1 Å². The normalized spacial score (nSPS) is 10.8. The lowest BCUT2D eigenvalue weighted by Crippen LogP contribution is -2.00. The predicted octanol–water partition coefficient (Wildman–Crippen LogP) is 4.99. The first-order valence-corrected chi connectivity index (χ1v) is 10.5. The van der Waals surface area contributed by atoms with Crippen LogP contribution in [0.5, 0.6) is 11.5 Å². The van der Waals surface area contributed by atoms with Crippen molar-refractivity contribution in [2.24, 2.45) is 0 Å². The number of benzene rings is 2. The summed E-state index contributed by atoms with van der Waals surface area (Å²) in [7, 11) is 3.30. The Morgan fingerprint density at radius 2 is 1.70 bits per heavy atom. The molecular formula is C23H24N4O2S.